The van der Waals surface area contributed by atoms with E-state index in [1.165, 1.54) is 17.4 Å². The van der Waals surface area contributed by atoms with Gasteiger partial charge < -0.3 is 15.5 Å². The summed E-state index contributed by atoms with van der Waals surface area (Å²) < 4.78 is 14.0. The van der Waals surface area contributed by atoms with Gasteiger partial charge in [-0.3, -0.25) is 14.5 Å². The predicted octanol–water partition coefficient (Wildman–Crippen LogP) is 3.90. The lowest BCUT2D eigenvalue weighted by Gasteiger charge is -2.35. The lowest BCUT2D eigenvalue weighted by atomic mass is 10.2. The van der Waals surface area contributed by atoms with Crippen LogP contribution < -0.4 is 15.5 Å². The maximum atomic E-state index is 14.0. The van der Waals surface area contributed by atoms with Crippen LogP contribution >= 0.6 is 11.3 Å². The summed E-state index contributed by atoms with van der Waals surface area (Å²) in [6, 6.07) is 17.4. The fraction of sp³-hybridized carbons (Fsp3) is 0.217. The van der Waals surface area contributed by atoms with Gasteiger partial charge in [0.1, 0.15) is 5.82 Å². The number of amides is 2. The number of carbonyl (C=O) groups excluding carboxylic acids is 2. The Labute approximate surface area is 184 Å². The highest BCUT2D eigenvalue weighted by atomic mass is 32.1. The second-order valence-corrected chi connectivity index (χ2v) is 8.22. The summed E-state index contributed by atoms with van der Waals surface area (Å²) in [7, 11) is 0. The smallest absolute Gasteiger partial charge is 0.265 e. The van der Waals surface area contributed by atoms with E-state index in [0.29, 0.717) is 48.1 Å². The van der Waals surface area contributed by atoms with Gasteiger partial charge in [-0.2, -0.15) is 0 Å². The van der Waals surface area contributed by atoms with Crippen LogP contribution in [0.2, 0.25) is 0 Å². The Hall–Kier alpha value is -3.23. The third kappa shape index (κ3) is 5.48. The molecule has 1 aliphatic heterocycles. The molecule has 2 aromatic carbocycles. The standard InChI is InChI=1S/C23H23FN4O2S/c24-19-4-1-2-5-20(19)28-13-11-27(12-14-28)16-22(29)25-17-7-9-18(10-8-17)26-23(30)21-6-3-15-31-21/h1-10,15H,11-14,16H2,(H,25,29)(H,26,30). The number of nitrogens with zero attached hydrogens (tertiary/aromatic N) is 2. The van der Waals surface area contributed by atoms with Crippen molar-refractivity contribution >= 4 is 40.2 Å². The Bertz CT molecular complexity index is 1030. The Morgan fingerprint density at radius 3 is 2.19 bits per heavy atom. The molecule has 0 unspecified atom stereocenters. The molecule has 0 bridgehead atoms. The molecule has 8 heteroatoms. The molecule has 0 aliphatic carbocycles. The SMILES string of the molecule is O=C(CN1CCN(c2ccccc2F)CC1)Nc1ccc(NC(=O)c2cccs2)cc1. The molecule has 1 fully saturated rings. The summed E-state index contributed by atoms with van der Waals surface area (Å²) in [6.45, 7) is 3.01. The highest BCUT2D eigenvalue weighted by Crippen LogP contribution is 2.20. The van der Waals surface area contributed by atoms with Crippen molar-refractivity contribution in [3.8, 4) is 0 Å². The molecular weight excluding hydrogens is 415 g/mol. The van der Waals surface area contributed by atoms with Gasteiger partial charge in [-0.25, -0.2) is 4.39 Å². The molecule has 0 saturated carbocycles. The maximum Gasteiger partial charge on any atom is 0.265 e. The zero-order valence-electron chi connectivity index (χ0n) is 16.9. The van der Waals surface area contributed by atoms with Crippen molar-refractivity contribution in [2.75, 3.05) is 48.3 Å². The van der Waals surface area contributed by atoms with E-state index < -0.39 is 0 Å². The average molecular weight is 439 g/mol. The fourth-order valence-electron chi connectivity index (χ4n) is 3.50. The normalized spacial score (nSPS) is 14.3. The van der Waals surface area contributed by atoms with Crippen molar-refractivity contribution in [1.82, 2.24) is 4.90 Å². The quantitative estimate of drug-likeness (QED) is 0.613. The second-order valence-electron chi connectivity index (χ2n) is 7.27. The van der Waals surface area contributed by atoms with Crippen molar-refractivity contribution in [2.24, 2.45) is 0 Å². The molecule has 4 rings (SSSR count). The van der Waals surface area contributed by atoms with Gasteiger partial charge in [-0.05, 0) is 47.8 Å². The van der Waals surface area contributed by atoms with E-state index in [2.05, 4.69) is 15.5 Å². The molecule has 1 aromatic heterocycles. The van der Waals surface area contributed by atoms with Gasteiger partial charge in [0.2, 0.25) is 5.91 Å². The largest absolute Gasteiger partial charge is 0.367 e. The molecule has 6 nitrogen and oxygen atoms in total. The van der Waals surface area contributed by atoms with E-state index in [1.807, 2.05) is 22.4 Å². The van der Waals surface area contributed by atoms with Gasteiger partial charge >= 0.3 is 0 Å². The molecule has 0 radical (unpaired) electrons. The zero-order chi connectivity index (χ0) is 21.6. The number of carbonyl (C=O) groups is 2. The van der Waals surface area contributed by atoms with Gasteiger partial charge in [0, 0.05) is 37.6 Å². The van der Waals surface area contributed by atoms with Crippen molar-refractivity contribution in [1.29, 1.82) is 0 Å². The number of thiophene rings is 1. The molecule has 2 amide bonds. The topological polar surface area (TPSA) is 64.7 Å². The molecule has 31 heavy (non-hydrogen) atoms. The molecule has 2 N–H and O–H groups in total. The Morgan fingerprint density at radius 2 is 1.55 bits per heavy atom. The van der Waals surface area contributed by atoms with E-state index in [1.54, 1.807) is 42.5 Å². The number of para-hydroxylation sites is 1. The number of piperazine rings is 1. The second kappa shape index (κ2) is 9.72. The first kappa shape index (κ1) is 21.0. The van der Waals surface area contributed by atoms with E-state index in [9.17, 15) is 14.0 Å². The first-order valence-electron chi connectivity index (χ1n) is 10.0. The third-order valence-corrected chi connectivity index (χ3v) is 5.97. The van der Waals surface area contributed by atoms with Crippen molar-refractivity contribution in [3.63, 3.8) is 0 Å². The third-order valence-electron chi connectivity index (χ3n) is 5.10. The van der Waals surface area contributed by atoms with Gasteiger partial charge in [0.25, 0.3) is 5.91 Å². The molecule has 0 atom stereocenters. The van der Waals surface area contributed by atoms with Crippen molar-refractivity contribution < 1.29 is 14.0 Å². The Balaban J connectivity index is 1.24. The van der Waals surface area contributed by atoms with E-state index >= 15 is 0 Å². The Morgan fingerprint density at radius 1 is 0.871 bits per heavy atom. The van der Waals surface area contributed by atoms with Gasteiger partial charge in [-0.15, -0.1) is 11.3 Å². The summed E-state index contributed by atoms with van der Waals surface area (Å²) >= 11 is 1.38. The van der Waals surface area contributed by atoms with E-state index in [0.717, 1.165) is 0 Å². The molecule has 1 aliphatic rings. The van der Waals surface area contributed by atoms with Crippen LogP contribution in [0.5, 0.6) is 0 Å². The zero-order valence-corrected chi connectivity index (χ0v) is 17.7. The average Bonchev–Trinajstić information content (AvgIpc) is 3.31. The van der Waals surface area contributed by atoms with Crippen molar-refractivity contribution in [3.05, 3.63) is 76.7 Å². The summed E-state index contributed by atoms with van der Waals surface area (Å²) in [5.41, 5.74) is 1.95. The van der Waals surface area contributed by atoms with Crippen LogP contribution in [-0.2, 0) is 4.79 Å². The lowest BCUT2D eigenvalue weighted by Crippen LogP contribution is -2.48. The fourth-order valence-corrected chi connectivity index (χ4v) is 4.11. The van der Waals surface area contributed by atoms with E-state index in [4.69, 9.17) is 0 Å². The highest BCUT2D eigenvalue weighted by Gasteiger charge is 2.20. The van der Waals surface area contributed by atoms with Gasteiger partial charge in [0.05, 0.1) is 17.1 Å². The van der Waals surface area contributed by atoms with Gasteiger partial charge in [-0.1, -0.05) is 18.2 Å². The number of halogens is 1. The number of benzene rings is 2. The predicted molar refractivity (Wildman–Crippen MR) is 122 cm³/mol. The number of rotatable bonds is 6. The van der Waals surface area contributed by atoms with Crippen LogP contribution in [0, 0.1) is 5.82 Å². The van der Waals surface area contributed by atoms with Gasteiger partial charge in [0.15, 0.2) is 0 Å². The molecular formula is C23H23FN4O2S. The Kier molecular flexibility index (Phi) is 6.59. The molecule has 1 saturated heterocycles. The summed E-state index contributed by atoms with van der Waals surface area (Å²) in [4.78, 5) is 29.2. The van der Waals surface area contributed by atoms with Crippen LogP contribution in [0.4, 0.5) is 21.5 Å². The van der Waals surface area contributed by atoms with Crippen LogP contribution in [0.25, 0.3) is 0 Å². The first-order chi connectivity index (χ1) is 15.1. The minimum atomic E-state index is -0.219. The van der Waals surface area contributed by atoms with Crippen LogP contribution in [0.3, 0.4) is 0 Å². The number of hydrogen-bond acceptors (Lipinski definition) is 5. The lowest BCUT2D eigenvalue weighted by molar-refractivity contribution is -0.117. The molecule has 0 spiro atoms. The van der Waals surface area contributed by atoms with Crippen LogP contribution in [-0.4, -0.2) is 49.4 Å². The highest BCUT2D eigenvalue weighted by molar-refractivity contribution is 7.12. The minimum Gasteiger partial charge on any atom is -0.367 e. The van der Waals surface area contributed by atoms with Crippen molar-refractivity contribution in [2.45, 2.75) is 0 Å². The van der Waals surface area contributed by atoms with E-state index in [-0.39, 0.29) is 24.2 Å². The monoisotopic (exact) mass is 438 g/mol. The summed E-state index contributed by atoms with van der Waals surface area (Å²) in [6.07, 6.45) is 0. The number of anilines is 3. The molecule has 3 aromatic rings. The molecule has 2 heterocycles. The summed E-state index contributed by atoms with van der Waals surface area (Å²) in [5, 5.41) is 7.57. The van der Waals surface area contributed by atoms with Crippen LogP contribution in [0.15, 0.2) is 66.0 Å². The maximum absolute atomic E-state index is 14.0. The molecule has 160 valence electrons. The minimum absolute atomic E-state index is 0.102. The summed E-state index contributed by atoms with van der Waals surface area (Å²) in [5.74, 6) is -0.472. The number of nitrogens with one attached hydrogen (secondary N) is 2. The van der Waals surface area contributed by atoms with Crippen LogP contribution in [0.1, 0.15) is 9.67 Å². The first-order valence-corrected chi connectivity index (χ1v) is 10.9. The number of hydrogen-bond donors (Lipinski definition) is 2.